The van der Waals surface area contributed by atoms with Crippen LogP contribution >= 0.6 is 0 Å². The minimum absolute atomic E-state index is 0.0248. The zero-order chi connectivity index (χ0) is 29.5. The maximum atomic E-state index is 14.0. The predicted molar refractivity (Wildman–Crippen MR) is 152 cm³/mol. The second-order valence-corrected chi connectivity index (χ2v) is 11.9. The average molecular weight is 579 g/mol. The van der Waals surface area contributed by atoms with Crippen LogP contribution in [0.1, 0.15) is 48.8 Å². The largest absolute Gasteiger partial charge is 0.466 e. The highest BCUT2D eigenvalue weighted by molar-refractivity contribution is 5.87. The van der Waals surface area contributed by atoms with E-state index in [-0.39, 0.29) is 44.0 Å². The number of anilines is 1. The van der Waals surface area contributed by atoms with Gasteiger partial charge in [0.1, 0.15) is 18.0 Å². The molecule has 11 heteroatoms. The quantitative estimate of drug-likeness (QED) is 0.477. The van der Waals surface area contributed by atoms with Crippen LogP contribution in [0.4, 0.5) is 14.6 Å². The maximum absolute atomic E-state index is 14.0. The maximum Gasteiger partial charge on any atom is 0.321 e. The lowest BCUT2D eigenvalue weighted by Crippen LogP contribution is -2.55. The third-order valence-corrected chi connectivity index (χ3v) is 9.14. The number of hydrogen-bond donors (Lipinski definition) is 0. The van der Waals surface area contributed by atoms with Crippen molar-refractivity contribution < 1.29 is 23.0 Å². The number of carbonyl (C=O) groups excluding carboxylic acids is 1. The molecular weight excluding hydrogens is 542 g/mol. The van der Waals surface area contributed by atoms with Gasteiger partial charge in [0.2, 0.25) is 11.8 Å². The lowest BCUT2D eigenvalue weighted by atomic mass is 9.75. The Morgan fingerprint density at radius 3 is 2.83 bits per heavy atom. The highest BCUT2D eigenvalue weighted by Crippen LogP contribution is 2.48. The van der Waals surface area contributed by atoms with Gasteiger partial charge in [0.25, 0.3) is 5.92 Å². The van der Waals surface area contributed by atoms with Gasteiger partial charge >= 0.3 is 6.01 Å². The molecule has 222 valence electrons. The van der Waals surface area contributed by atoms with Crippen LogP contribution in [-0.2, 0) is 23.2 Å². The van der Waals surface area contributed by atoms with E-state index in [1.807, 2.05) is 6.07 Å². The van der Waals surface area contributed by atoms with Gasteiger partial charge in [-0.2, -0.15) is 15.2 Å². The fourth-order valence-electron chi connectivity index (χ4n) is 7.02. The molecule has 0 unspecified atom stereocenters. The monoisotopic (exact) mass is 578 g/mol. The molecule has 9 nitrogen and oxygen atoms in total. The van der Waals surface area contributed by atoms with E-state index >= 15 is 0 Å². The number of likely N-dealkylation sites (tertiary alicyclic amines) is 1. The van der Waals surface area contributed by atoms with Gasteiger partial charge in [0, 0.05) is 32.1 Å². The molecule has 6 rings (SSSR count). The van der Waals surface area contributed by atoms with Gasteiger partial charge in [-0.1, -0.05) is 30.8 Å². The molecule has 0 N–H and O–H groups in total. The van der Waals surface area contributed by atoms with E-state index in [4.69, 9.17) is 19.4 Å². The van der Waals surface area contributed by atoms with E-state index in [0.717, 1.165) is 31.2 Å². The van der Waals surface area contributed by atoms with E-state index < -0.39 is 17.6 Å². The Labute approximate surface area is 244 Å². The summed E-state index contributed by atoms with van der Waals surface area (Å²) in [5.41, 5.74) is 2.83. The summed E-state index contributed by atoms with van der Waals surface area (Å²) in [6.45, 7) is 4.63. The van der Waals surface area contributed by atoms with Crippen LogP contribution in [0, 0.1) is 11.3 Å². The molecule has 0 radical (unpaired) electrons. The number of rotatable bonds is 6. The first-order valence-corrected chi connectivity index (χ1v) is 14.7. The molecule has 4 aliphatic rings. The summed E-state index contributed by atoms with van der Waals surface area (Å²) in [6.07, 6.45) is 5.50. The normalized spacial score (nSPS) is 26.6. The Bertz CT molecular complexity index is 1410. The van der Waals surface area contributed by atoms with Gasteiger partial charge in [-0.25, -0.2) is 8.78 Å². The van der Waals surface area contributed by atoms with Crippen LogP contribution in [0.25, 0.3) is 0 Å². The van der Waals surface area contributed by atoms with E-state index in [1.54, 1.807) is 16.8 Å². The summed E-state index contributed by atoms with van der Waals surface area (Å²) in [5, 5.41) is 9.48. The summed E-state index contributed by atoms with van der Waals surface area (Å²) in [5.74, 6) is -1.87. The number of hydrogen-bond acceptors (Lipinski definition) is 8. The second kappa shape index (κ2) is 11.1. The number of aryl methyl sites for hydroxylation is 1. The van der Waals surface area contributed by atoms with Crippen molar-refractivity contribution in [3.8, 4) is 18.0 Å². The van der Waals surface area contributed by atoms with Crippen molar-refractivity contribution in [1.82, 2.24) is 19.8 Å². The number of likely N-dealkylation sites (N-methyl/N-ethyl adjacent to an activating group) is 1. The summed E-state index contributed by atoms with van der Waals surface area (Å²) < 4.78 is 40.9. The summed E-state index contributed by atoms with van der Waals surface area (Å²) in [6, 6.07) is 9.87. The smallest absolute Gasteiger partial charge is 0.321 e. The van der Waals surface area contributed by atoms with Crippen LogP contribution in [0.15, 0.2) is 36.9 Å². The first-order chi connectivity index (χ1) is 20.2. The number of alkyl halides is 2. The molecule has 1 aromatic carbocycles. The standard InChI is InChI=1S/C31H36F2N6O3/c1-3-26(40)39-16-15-38(18-22(39)11-14-34)27-24-10-13-30(12-6-8-21-7-4-5-9-25(21)30)42-28(24)36-29(35-27)41-19-23-17-31(32,33)20-37(23)2/h3-5,7,9,22-23H,1,6,8,10-13,15-20H2,2H3/t22-,23-,30+/m0/s1. The number of piperazine rings is 1. The topological polar surface area (TPSA) is 94.8 Å². The molecule has 42 heavy (non-hydrogen) atoms. The number of fused-ring (bicyclic) bond motifs is 3. The van der Waals surface area contributed by atoms with Gasteiger partial charge in [-0.05, 0) is 56.4 Å². The number of halogens is 2. The number of amides is 1. The second-order valence-electron chi connectivity index (χ2n) is 11.9. The van der Waals surface area contributed by atoms with Crippen LogP contribution < -0.4 is 14.4 Å². The lowest BCUT2D eigenvalue weighted by molar-refractivity contribution is -0.128. The Hall–Kier alpha value is -3.78. The highest BCUT2D eigenvalue weighted by Gasteiger charge is 2.45. The van der Waals surface area contributed by atoms with E-state index in [2.05, 4.69) is 35.7 Å². The molecule has 0 bridgehead atoms. The SMILES string of the molecule is C=CC(=O)N1CCN(c2nc(OC[C@@H]3CC(F)(F)CN3C)nc3c2CC[C@@]2(CCCc4ccccc42)O3)C[C@@H]1CC#N. The van der Waals surface area contributed by atoms with Crippen LogP contribution in [-0.4, -0.2) is 83.5 Å². The number of aromatic nitrogens is 2. The molecule has 4 heterocycles. The van der Waals surface area contributed by atoms with E-state index in [9.17, 15) is 18.8 Å². The van der Waals surface area contributed by atoms with Gasteiger partial charge in [-0.15, -0.1) is 0 Å². The minimum Gasteiger partial charge on any atom is -0.466 e. The lowest BCUT2D eigenvalue weighted by Gasteiger charge is -2.44. The molecule has 1 aliphatic carbocycles. The van der Waals surface area contributed by atoms with Crippen molar-refractivity contribution in [2.24, 2.45) is 0 Å². The fraction of sp³-hybridized carbons (Fsp3) is 0.548. The molecule has 0 saturated carbocycles. The molecule has 2 saturated heterocycles. The van der Waals surface area contributed by atoms with Crippen LogP contribution in [0.2, 0.25) is 0 Å². The predicted octanol–water partition coefficient (Wildman–Crippen LogP) is 3.87. The number of carbonyl (C=O) groups is 1. The molecular formula is C31H36F2N6O3. The molecule has 2 fully saturated rings. The van der Waals surface area contributed by atoms with Gasteiger partial charge in [0.05, 0.1) is 30.6 Å². The Morgan fingerprint density at radius 1 is 1.24 bits per heavy atom. The molecule has 1 aromatic heterocycles. The first-order valence-electron chi connectivity index (χ1n) is 14.7. The van der Waals surface area contributed by atoms with Crippen molar-refractivity contribution in [3.63, 3.8) is 0 Å². The third kappa shape index (κ3) is 5.28. The summed E-state index contributed by atoms with van der Waals surface area (Å²) >= 11 is 0. The highest BCUT2D eigenvalue weighted by atomic mass is 19.3. The average Bonchev–Trinajstić information content (AvgIpc) is 3.26. The first kappa shape index (κ1) is 28.3. The Kier molecular flexibility index (Phi) is 7.51. The molecule has 3 atom stereocenters. The Morgan fingerprint density at radius 2 is 2.07 bits per heavy atom. The van der Waals surface area contributed by atoms with Gasteiger partial charge in [-0.3, -0.25) is 9.69 Å². The molecule has 2 aromatic rings. The van der Waals surface area contributed by atoms with Crippen molar-refractivity contribution in [2.45, 2.75) is 68.6 Å². The van der Waals surface area contributed by atoms with Gasteiger partial charge < -0.3 is 19.3 Å². The van der Waals surface area contributed by atoms with Crippen LogP contribution in [0.5, 0.6) is 11.9 Å². The zero-order valence-electron chi connectivity index (χ0n) is 23.9. The molecule has 1 amide bonds. The third-order valence-electron chi connectivity index (χ3n) is 9.14. The number of nitriles is 1. The number of nitrogens with zero attached hydrogens (tertiary/aromatic N) is 6. The number of ether oxygens (including phenoxy) is 2. The summed E-state index contributed by atoms with van der Waals surface area (Å²) in [7, 11) is 1.67. The minimum atomic E-state index is -2.76. The fourth-order valence-corrected chi connectivity index (χ4v) is 7.02. The van der Waals surface area contributed by atoms with E-state index in [1.165, 1.54) is 17.2 Å². The molecule has 3 aliphatic heterocycles. The van der Waals surface area contributed by atoms with Crippen molar-refractivity contribution in [1.29, 1.82) is 5.26 Å². The summed E-state index contributed by atoms with van der Waals surface area (Å²) in [4.78, 5) is 27.3. The van der Waals surface area contributed by atoms with Crippen LogP contribution in [0.3, 0.4) is 0 Å². The van der Waals surface area contributed by atoms with Crippen molar-refractivity contribution in [3.05, 3.63) is 53.6 Å². The van der Waals surface area contributed by atoms with Crippen molar-refractivity contribution in [2.75, 3.05) is 44.7 Å². The van der Waals surface area contributed by atoms with Crippen molar-refractivity contribution >= 4 is 11.7 Å². The van der Waals surface area contributed by atoms with E-state index in [0.29, 0.717) is 37.8 Å². The zero-order valence-corrected chi connectivity index (χ0v) is 23.9. The number of benzene rings is 1. The van der Waals surface area contributed by atoms with Gasteiger partial charge in [0.15, 0.2) is 0 Å². The Balaban J connectivity index is 1.34. The molecule has 1 spiro atoms.